The summed E-state index contributed by atoms with van der Waals surface area (Å²) >= 11 is 1.71. The van der Waals surface area contributed by atoms with E-state index in [9.17, 15) is 13.6 Å². The number of rotatable bonds is 2. The molecule has 76 valence electrons. The highest BCUT2D eigenvalue weighted by Gasteiger charge is 2.15. The van der Waals surface area contributed by atoms with E-state index < -0.39 is 12.4 Å². The van der Waals surface area contributed by atoms with Crippen molar-refractivity contribution in [3.05, 3.63) is 27.1 Å². The SMILES string of the molecule is COC(=O)c1ccc(C(F)F)nc1I. The third-order valence-electron chi connectivity index (χ3n) is 1.50. The fourth-order valence-electron chi connectivity index (χ4n) is 0.832. The number of carbonyl (C=O) groups is 1. The fourth-order valence-corrected chi connectivity index (χ4v) is 1.51. The fraction of sp³-hybridized carbons (Fsp3) is 0.250. The van der Waals surface area contributed by atoms with E-state index in [2.05, 4.69) is 9.72 Å². The first-order chi connectivity index (χ1) is 6.56. The van der Waals surface area contributed by atoms with Gasteiger partial charge in [-0.05, 0) is 34.7 Å². The zero-order chi connectivity index (χ0) is 10.7. The first-order valence-corrected chi connectivity index (χ1v) is 4.67. The van der Waals surface area contributed by atoms with Crippen molar-refractivity contribution in [1.82, 2.24) is 4.98 Å². The number of hydrogen-bond donors (Lipinski definition) is 0. The third-order valence-corrected chi connectivity index (χ3v) is 2.32. The number of methoxy groups -OCH3 is 1. The average molecular weight is 313 g/mol. The predicted octanol–water partition coefficient (Wildman–Crippen LogP) is 2.41. The Morgan fingerprint density at radius 3 is 2.64 bits per heavy atom. The highest BCUT2D eigenvalue weighted by atomic mass is 127. The van der Waals surface area contributed by atoms with Crippen molar-refractivity contribution < 1.29 is 18.3 Å². The lowest BCUT2D eigenvalue weighted by Gasteiger charge is -2.03. The van der Waals surface area contributed by atoms with Gasteiger partial charge in [-0.3, -0.25) is 0 Å². The highest BCUT2D eigenvalue weighted by molar-refractivity contribution is 14.1. The largest absolute Gasteiger partial charge is 0.465 e. The molecule has 6 heteroatoms. The van der Waals surface area contributed by atoms with Crippen LogP contribution in [-0.4, -0.2) is 18.1 Å². The Morgan fingerprint density at radius 1 is 1.57 bits per heavy atom. The van der Waals surface area contributed by atoms with E-state index in [1.165, 1.54) is 13.2 Å². The molecule has 1 rings (SSSR count). The van der Waals surface area contributed by atoms with Gasteiger partial charge in [0.05, 0.1) is 12.7 Å². The predicted molar refractivity (Wildman–Crippen MR) is 53.3 cm³/mol. The number of hydrogen-bond acceptors (Lipinski definition) is 3. The second kappa shape index (κ2) is 4.63. The maximum atomic E-state index is 12.2. The molecule has 0 aromatic carbocycles. The number of halogens is 3. The number of carbonyl (C=O) groups excluding carboxylic acids is 1. The molecule has 1 aromatic rings. The summed E-state index contributed by atoms with van der Waals surface area (Å²) in [6.45, 7) is 0. The van der Waals surface area contributed by atoms with Gasteiger partial charge in [0, 0.05) is 0 Å². The summed E-state index contributed by atoms with van der Waals surface area (Å²) in [7, 11) is 1.22. The minimum Gasteiger partial charge on any atom is -0.465 e. The second-order valence-electron chi connectivity index (χ2n) is 2.37. The van der Waals surface area contributed by atoms with Gasteiger partial charge in [-0.15, -0.1) is 0 Å². The van der Waals surface area contributed by atoms with Crippen molar-refractivity contribution in [3.8, 4) is 0 Å². The van der Waals surface area contributed by atoms with Crippen LogP contribution in [0.4, 0.5) is 8.78 Å². The lowest BCUT2D eigenvalue weighted by atomic mass is 10.2. The van der Waals surface area contributed by atoms with Gasteiger partial charge in [-0.2, -0.15) is 0 Å². The summed E-state index contributed by atoms with van der Waals surface area (Å²) in [6.07, 6.45) is -2.63. The molecule has 0 amide bonds. The lowest BCUT2D eigenvalue weighted by Crippen LogP contribution is -2.06. The Labute approximate surface area is 92.6 Å². The molecule has 1 aromatic heterocycles. The number of pyridine rings is 1. The maximum absolute atomic E-state index is 12.2. The van der Waals surface area contributed by atoms with Crippen LogP contribution < -0.4 is 0 Å². The third kappa shape index (κ3) is 2.37. The Kier molecular flexibility index (Phi) is 3.73. The van der Waals surface area contributed by atoms with Gasteiger partial charge in [-0.1, -0.05) is 0 Å². The Balaban J connectivity index is 3.07. The summed E-state index contributed by atoms with van der Waals surface area (Å²) in [5, 5.41) is 0. The van der Waals surface area contributed by atoms with Gasteiger partial charge in [0.25, 0.3) is 6.43 Å². The molecule has 3 nitrogen and oxygen atoms in total. The van der Waals surface area contributed by atoms with E-state index in [0.717, 1.165) is 6.07 Å². The Hall–Kier alpha value is -0.790. The standard InChI is InChI=1S/C8H6F2INO2/c1-14-8(13)4-2-3-5(6(9)10)12-7(4)11/h2-3,6H,1H3. The average Bonchev–Trinajstić information content (AvgIpc) is 2.16. The van der Waals surface area contributed by atoms with Gasteiger partial charge in [0.2, 0.25) is 0 Å². The van der Waals surface area contributed by atoms with Crippen LogP contribution >= 0.6 is 22.6 Å². The van der Waals surface area contributed by atoms with E-state index in [0.29, 0.717) is 0 Å². The van der Waals surface area contributed by atoms with Crippen LogP contribution in [0, 0.1) is 3.70 Å². The molecule has 0 aliphatic rings. The van der Waals surface area contributed by atoms with Crippen LogP contribution in [0.3, 0.4) is 0 Å². The molecule has 0 fully saturated rings. The minimum absolute atomic E-state index is 0.192. The topological polar surface area (TPSA) is 39.2 Å². The van der Waals surface area contributed by atoms with Crippen LogP contribution in [0.5, 0.6) is 0 Å². The molecular weight excluding hydrogens is 307 g/mol. The molecule has 0 atom stereocenters. The van der Waals surface area contributed by atoms with Crippen molar-refractivity contribution in [3.63, 3.8) is 0 Å². The van der Waals surface area contributed by atoms with Gasteiger partial charge in [0.15, 0.2) is 0 Å². The van der Waals surface area contributed by atoms with E-state index in [-0.39, 0.29) is 15.0 Å². The molecule has 0 bridgehead atoms. The number of nitrogens with zero attached hydrogens (tertiary/aromatic N) is 1. The van der Waals surface area contributed by atoms with E-state index in [1.807, 2.05) is 0 Å². The van der Waals surface area contributed by atoms with Gasteiger partial charge >= 0.3 is 5.97 Å². The molecule has 0 aliphatic carbocycles. The van der Waals surface area contributed by atoms with Crippen molar-refractivity contribution in [1.29, 1.82) is 0 Å². The molecule has 0 N–H and O–H groups in total. The van der Waals surface area contributed by atoms with Gasteiger partial charge < -0.3 is 4.74 Å². The molecule has 0 aliphatic heterocycles. The van der Waals surface area contributed by atoms with Crippen LogP contribution in [0.2, 0.25) is 0 Å². The first-order valence-electron chi connectivity index (χ1n) is 3.59. The summed E-state index contributed by atoms with van der Waals surface area (Å²) in [5.41, 5.74) is -0.153. The number of esters is 1. The molecular formula is C8H6F2INO2. The van der Waals surface area contributed by atoms with Crippen molar-refractivity contribution in [2.45, 2.75) is 6.43 Å². The van der Waals surface area contributed by atoms with E-state index in [4.69, 9.17) is 0 Å². The van der Waals surface area contributed by atoms with Gasteiger partial charge in [-0.25, -0.2) is 18.6 Å². The molecule has 0 spiro atoms. The summed E-state index contributed by atoms with van der Waals surface area (Å²) in [5.74, 6) is -0.581. The minimum atomic E-state index is -2.63. The first kappa shape index (κ1) is 11.3. The normalized spacial score (nSPS) is 10.4. The zero-order valence-electron chi connectivity index (χ0n) is 7.13. The maximum Gasteiger partial charge on any atom is 0.340 e. The summed E-state index contributed by atoms with van der Waals surface area (Å²) < 4.78 is 29.0. The summed E-state index contributed by atoms with van der Waals surface area (Å²) in [6, 6.07) is 2.39. The quantitative estimate of drug-likeness (QED) is 0.478. The molecule has 0 saturated heterocycles. The Morgan fingerprint density at radius 2 is 2.21 bits per heavy atom. The van der Waals surface area contributed by atoms with Crippen LogP contribution in [0.15, 0.2) is 12.1 Å². The van der Waals surface area contributed by atoms with Crippen molar-refractivity contribution >= 4 is 28.6 Å². The number of ether oxygens (including phenoxy) is 1. The van der Waals surface area contributed by atoms with Crippen LogP contribution in [-0.2, 0) is 4.74 Å². The molecule has 0 radical (unpaired) electrons. The van der Waals surface area contributed by atoms with E-state index in [1.54, 1.807) is 22.6 Å². The highest BCUT2D eigenvalue weighted by Crippen LogP contribution is 2.19. The second-order valence-corrected chi connectivity index (χ2v) is 3.39. The summed E-state index contributed by atoms with van der Waals surface area (Å²) in [4.78, 5) is 14.6. The Bertz CT molecular complexity index is 357. The van der Waals surface area contributed by atoms with Crippen molar-refractivity contribution in [2.75, 3.05) is 7.11 Å². The van der Waals surface area contributed by atoms with Crippen LogP contribution in [0.1, 0.15) is 22.5 Å². The molecule has 0 unspecified atom stereocenters. The van der Waals surface area contributed by atoms with Gasteiger partial charge in [0.1, 0.15) is 9.39 Å². The monoisotopic (exact) mass is 313 g/mol. The number of aromatic nitrogens is 1. The molecule has 1 heterocycles. The molecule has 0 saturated carbocycles. The van der Waals surface area contributed by atoms with Crippen molar-refractivity contribution in [2.24, 2.45) is 0 Å². The number of alkyl halides is 2. The molecule has 14 heavy (non-hydrogen) atoms. The van der Waals surface area contributed by atoms with E-state index >= 15 is 0 Å². The smallest absolute Gasteiger partial charge is 0.340 e. The zero-order valence-corrected chi connectivity index (χ0v) is 9.29. The van der Waals surface area contributed by atoms with Crippen LogP contribution in [0.25, 0.3) is 0 Å². The lowest BCUT2D eigenvalue weighted by molar-refractivity contribution is 0.0598.